The van der Waals surface area contributed by atoms with Crippen molar-refractivity contribution in [2.75, 3.05) is 0 Å². The minimum atomic E-state index is -0.384. The van der Waals surface area contributed by atoms with E-state index in [0.29, 0.717) is 0 Å². The molecule has 0 amide bonds. The van der Waals surface area contributed by atoms with E-state index < -0.39 is 0 Å². The fraction of sp³-hybridized carbons (Fsp3) is 0.417. The van der Waals surface area contributed by atoms with Gasteiger partial charge in [-0.1, -0.05) is 29.8 Å². The van der Waals surface area contributed by atoms with Crippen LogP contribution in [-0.2, 0) is 10.3 Å². The van der Waals surface area contributed by atoms with E-state index in [0.717, 1.165) is 35.4 Å². The summed E-state index contributed by atoms with van der Waals surface area (Å²) in [5.74, 6) is 0. The molecule has 2 nitrogen and oxygen atoms in total. The van der Waals surface area contributed by atoms with E-state index in [1.807, 2.05) is 25.1 Å². The van der Waals surface area contributed by atoms with Gasteiger partial charge in [0.15, 0.2) is 0 Å². The third kappa shape index (κ3) is 1.60. The highest BCUT2D eigenvalue weighted by atomic mass is 35.5. The molecule has 2 rings (SSSR count). The molecule has 1 aliphatic carbocycles. The normalized spacial score (nSPS) is 17.7. The van der Waals surface area contributed by atoms with E-state index in [1.54, 1.807) is 6.08 Å². The lowest BCUT2D eigenvalue weighted by molar-refractivity contribution is 0.256. The van der Waals surface area contributed by atoms with E-state index in [4.69, 9.17) is 11.6 Å². The number of benzene rings is 1. The third-order valence-corrected chi connectivity index (χ3v) is 3.64. The van der Waals surface area contributed by atoms with Gasteiger partial charge in [0.05, 0.1) is 5.54 Å². The first kappa shape index (κ1) is 10.4. The number of nitrogens with zero attached hydrogens (tertiary/aromatic N) is 1. The minimum Gasteiger partial charge on any atom is -0.211 e. The molecule has 0 unspecified atom stereocenters. The van der Waals surface area contributed by atoms with Crippen LogP contribution in [0.2, 0.25) is 5.02 Å². The molecule has 78 valence electrons. The van der Waals surface area contributed by atoms with Gasteiger partial charge in [0, 0.05) is 5.02 Å². The quantitative estimate of drug-likeness (QED) is 0.556. The van der Waals surface area contributed by atoms with Gasteiger partial charge in [0.25, 0.3) is 0 Å². The molecule has 0 aliphatic heterocycles. The number of hydrogen-bond donors (Lipinski definition) is 0. The molecule has 1 aromatic rings. The van der Waals surface area contributed by atoms with Gasteiger partial charge in [-0.2, -0.15) is 4.99 Å². The van der Waals surface area contributed by atoms with E-state index in [2.05, 4.69) is 4.99 Å². The Morgan fingerprint density at radius 1 is 1.47 bits per heavy atom. The Labute approximate surface area is 94.0 Å². The van der Waals surface area contributed by atoms with Crippen molar-refractivity contribution in [2.45, 2.75) is 31.7 Å². The molecule has 0 spiro atoms. The van der Waals surface area contributed by atoms with Gasteiger partial charge in [-0.25, -0.2) is 4.79 Å². The molecule has 3 heteroatoms. The maximum Gasteiger partial charge on any atom is 0.235 e. The van der Waals surface area contributed by atoms with Gasteiger partial charge in [0.2, 0.25) is 6.08 Å². The standard InChI is InChI=1S/C12H12ClNO/c1-9-4-2-5-10(11(9)13)12(14-8-15)6-3-7-12/h2,4-5H,3,6-7H2,1H3. The van der Waals surface area contributed by atoms with E-state index in [9.17, 15) is 4.79 Å². The zero-order valence-electron chi connectivity index (χ0n) is 8.59. The summed E-state index contributed by atoms with van der Waals surface area (Å²) >= 11 is 6.24. The molecule has 1 saturated carbocycles. The summed E-state index contributed by atoms with van der Waals surface area (Å²) < 4.78 is 0. The number of halogens is 1. The predicted molar refractivity (Wildman–Crippen MR) is 59.8 cm³/mol. The van der Waals surface area contributed by atoms with Crippen LogP contribution in [0.25, 0.3) is 0 Å². The highest BCUT2D eigenvalue weighted by Crippen LogP contribution is 2.47. The van der Waals surface area contributed by atoms with Gasteiger partial charge < -0.3 is 0 Å². The molecule has 1 aromatic carbocycles. The molecular formula is C12H12ClNO. The Morgan fingerprint density at radius 2 is 2.20 bits per heavy atom. The van der Waals surface area contributed by atoms with Gasteiger partial charge in [-0.15, -0.1) is 0 Å². The maximum atomic E-state index is 10.4. The fourth-order valence-corrected chi connectivity index (χ4v) is 2.35. The first-order valence-corrected chi connectivity index (χ1v) is 5.42. The number of hydrogen-bond acceptors (Lipinski definition) is 2. The molecular weight excluding hydrogens is 210 g/mol. The largest absolute Gasteiger partial charge is 0.235 e. The van der Waals surface area contributed by atoms with Crippen molar-refractivity contribution in [1.29, 1.82) is 0 Å². The van der Waals surface area contributed by atoms with E-state index in [-0.39, 0.29) is 5.54 Å². The molecule has 0 N–H and O–H groups in total. The summed E-state index contributed by atoms with van der Waals surface area (Å²) in [6.07, 6.45) is 4.55. The van der Waals surface area contributed by atoms with Crippen molar-refractivity contribution in [3.05, 3.63) is 34.3 Å². The lowest BCUT2D eigenvalue weighted by Gasteiger charge is -2.37. The summed E-state index contributed by atoms with van der Waals surface area (Å²) in [6.45, 7) is 1.96. The summed E-state index contributed by atoms with van der Waals surface area (Å²) in [6, 6.07) is 5.87. The first-order valence-electron chi connectivity index (χ1n) is 5.04. The number of aliphatic imine (C=N–C) groups is 1. The fourth-order valence-electron chi connectivity index (χ4n) is 2.05. The minimum absolute atomic E-state index is 0.384. The lowest BCUT2D eigenvalue weighted by atomic mass is 9.72. The molecule has 0 radical (unpaired) electrons. The Hall–Kier alpha value is -1.11. The smallest absolute Gasteiger partial charge is 0.211 e. The van der Waals surface area contributed by atoms with Crippen LogP contribution in [0.3, 0.4) is 0 Å². The highest BCUT2D eigenvalue weighted by molar-refractivity contribution is 6.32. The van der Waals surface area contributed by atoms with Crippen molar-refractivity contribution in [3.63, 3.8) is 0 Å². The van der Waals surface area contributed by atoms with Crippen LogP contribution in [0.1, 0.15) is 30.4 Å². The van der Waals surface area contributed by atoms with Crippen LogP contribution in [0.5, 0.6) is 0 Å². The van der Waals surface area contributed by atoms with Crippen LogP contribution >= 0.6 is 11.6 Å². The predicted octanol–water partition coefficient (Wildman–Crippen LogP) is 3.36. The van der Waals surface area contributed by atoms with E-state index in [1.165, 1.54) is 0 Å². The number of rotatable bonds is 2. The van der Waals surface area contributed by atoms with Gasteiger partial charge in [-0.3, -0.25) is 0 Å². The SMILES string of the molecule is Cc1cccc(C2(N=C=O)CCC2)c1Cl. The zero-order valence-corrected chi connectivity index (χ0v) is 9.34. The molecule has 0 aromatic heterocycles. The Kier molecular flexibility index (Phi) is 2.64. The molecule has 0 bridgehead atoms. The molecule has 0 saturated heterocycles. The van der Waals surface area contributed by atoms with Crippen LogP contribution in [-0.4, -0.2) is 6.08 Å². The number of isocyanates is 1. The molecule has 15 heavy (non-hydrogen) atoms. The molecule has 0 atom stereocenters. The van der Waals surface area contributed by atoms with Crippen molar-refractivity contribution in [2.24, 2.45) is 4.99 Å². The first-order chi connectivity index (χ1) is 7.19. The Bertz CT molecular complexity index is 431. The topological polar surface area (TPSA) is 29.4 Å². The van der Waals surface area contributed by atoms with Crippen molar-refractivity contribution >= 4 is 17.7 Å². The van der Waals surface area contributed by atoms with Crippen LogP contribution in [0.15, 0.2) is 23.2 Å². The van der Waals surface area contributed by atoms with E-state index >= 15 is 0 Å². The van der Waals surface area contributed by atoms with Crippen LogP contribution in [0.4, 0.5) is 0 Å². The Balaban J connectivity index is 2.52. The number of carbonyl (C=O) groups excluding carboxylic acids is 1. The Morgan fingerprint density at radius 3 is 2.73 bits per heavy atom. The lowest BCUT2D eigenvalue weighted by Crippen LogP contribution is -2.32. The summed E-state index contributed by atoms with van der Waals surface area (Å²) in [5, 5.41) is 0.733. The van der Waals surface area contributed by atoms with Gasteiger partial charge >= 0.3 is 0 Å². The van der Waals surface area contributed by atoms with Crippen LogP contribution in [0, 0.1) is 6.92 Å². The summed E-state index contributed by atoms with van der Waals surface area (Å²) in [7, 11) is 0. The van der Waals surface area contributed by atoms with Crippen molar-refractivity contribution in [3.8, 4) is 0 Å². The second kappa shape index (κ2) is 3.80. The number of aryl methyl sites for hydroxylation is 1. The maximum absolute atomic E-state index is 10.4. The van der Waals surface area contributed by atoms with Gasteiger partial charge in [-0.05, 0) is 37.3 Å². The summed E-state index contributed by atoms with van der Waals surface area (Å²) in [4.78, 5) is 14.4. The monoisotopic (exact) mass is 221 g/mol. The average molecular weight is 222 g/mol. The second-order valence-electron chi connectivity index (χ2n) is 4.02. The molecule has 0 heterocycles. The van der Waals surface area contributed by atoms with Crippen molar-refractivity contribution in [1.82, 2.24) is 0 Å². The third-order valence-electron chi connectivity index (χ3n) is 3.13. The van der Waals surface area contributed by atoms with Crippen LogP contribution < -0.4 is 0 Å². The second-order valence-corrected chi connectivity index (χ2v) is 4.40. The average Bonchev–Trinajstić information content (AvgIpc) is 2.17. The molecule has 1 fully saturated rings. The summed E-state index contributed by atoms with van der Waals surface area (Å²) in [5.41, 5.74) is 1.62. The van der Waals surface area contributed by atoms with Crippen molar-refractivity contribution < 1.29 is 4.79 Å². The van der Waals surface area contributed by atoms with Gasteiger partial charge in [0.1, 0.15) is 0 Å². The molecule has 1 aliphatic rings. The highest BCUT2D eigenvalue weighted by Gasteiger charge is 2.40. The zero-order chi connectivity index (χ0) is 10.9.